The summed E-state index contributed by atoms with van der Waals surface area (Å²) in [7, 11) is 3.08. The van der Waals surface area contributed by atoms with Gasteiger partial charge in [0.15, 0.2) is 11.3 Å². The molecule has 148 valence electrons. The molecule has 3 rings (SSSR count). The Morgan fingerprint density at radius 2 is 2.04 bits per heavy atom. The Morgan fingerprint density at radius 1 is 1.32 bits per heavy atom. The predicted molar refractivity (Wildman–Crippen MR) is 100 cm³/mol. The van der Waals surface area contributed by atoms with Crippen LogP contribution in [0.3, 0.4) is 0 Å². The molecule has 3 heterocycles. The van der Waals surface area contributed by atoms with E-state index >= 15 is 0 Å². The highest BCUT2D eigenvalue weighted by Gasteiger charge is 2.38. The average molecular weight is 387 g/mol. The van der Waals surface area contributed by atoms with E-state index in [2.05, 4.69) is 9.97 Å². The topological polar surface area (TPSA) is 114 Å². The summed E-state index contributed by atoms with van der Waals surface area (Å²) >= 11 is 0. The Bertz CT molecular complexity index is 938. The number of carboxylic acids is 1. The zero-order chi connectivity index (χ0) is 20.1. The number of ether oxygens (including phenoxy) is 3. The van der Waals surface area contributed by atoms with E-state index in [1.807, 2.05) is 6.07 Å². The number of methoxy groups -OCH3 is 2. The molecule has 0 atom stereocenters. The van der Waals surface area contributed by atoms with E-state index in [1.165, 1.54) is 20.3 Å². The number of pyridine rings is 1. The molecule has 28 heavy (non-hydrogen) atoms. The minimum atomic E-state index is -1.34. The molecule has 0 unspecified atom stereocenters. The number of carboxylic acid groups (broad SMARTS) is 1. The van der Waals surface area contributed by atoms with Gasteiger partial charge in [0.05, 0.1) is 13.2 Å². The average Bonchev–Trinajstić information content (AvgIpc) is 3.24. The van der Waals surface area contributed by atoms with E-state index in [4.69, 9.17) is 14.2 Å². The Kier molecular flexibility index (Phi) is 6.07. The molecule has 0 saturated carbocycles. The molecule has 0 amide bonds. The first-order chi connectivity index (χ1) is 13.6. The molecule has 0 fully saturated rings. The maximum Gasteiger partial charge on any atom is 0.345 e. The van der Waals surface area contributed by atoms with Crippen molar-refractivity contribution >= 4 is 28.9 Å². The van der Waals surface area contributed by atoms with Crippen LogP contribution in [-0.2, 0) is 23.8 Å². The normalized spacial score (nSPS) is 15.5. The van der Waals surface area contributed by atoms with Gasteiger partial charge in [0, 0.05) is 50.7 Å². The Morgan fingerprint density at radius 3 is 2.68 bits per heavy atom. The highest BCUT2D eigenvalue weighted by Crippen LogP contribution is 2.30. The summed E-state index contributed by atoms with van der Waals surface area (Å²) in [6.45, 7) is 1.38. The molecule has 2 aromatic rings. The lowest BCUT2D eigenvalue weighted by molar-refractivity contribution is -0.134. The van der Waals surface area contributed by atoms with Gasteiger partial charge in [-0.25, -0.2) is 9.78 Å². The molecule has 0 radical (unpaired) electrons. The molecule has 9 nitrogen and oxygen atoms in total. The smallest absolute Gasteiger partial charge is 0.345 e. The number of rotatable bonds is 9. The molecule has 2 N–H and O–H groups in total. The van der Waals surface area contributed by atoms with Gasteiger partial charge in [-0.05, 0) is 18.2 Å². The van der Waals surface area contributed by atoms with Crippen LogP contribution < -0.4 is 0 Å². The first-order valence-corrected chi connectivity index (χ1v) is 8.63. The Labute approximate surface area is 161 Å². The number of hydrogen-bond acceptors (Lipinski definition) is 7. The van der Waals surface area contributed by atoms with Crippen molar-refractivity contribution in [3.05, 3.63) is 47.3 Å². The minimum absolute atomic E-state index is 0.00387. The zero-order valence-corrected chi connectivity index (χ0v) is 15.6. The number of aliphatic carboxylic acids is 1. The lowest BCUT2D eigenvalue weighted by Gasteiger charge is -2.24. The Balaban J connectivity index is 1.95. The van der Waals surface area contributed by atoms with Gasteiger partial charge in [0.2, 0.25) is 11.7 Å². The number of hydrogen-bond donors (Lipinski definition) is 2. The number of Topliss-reactive ketones (excluding diaryl/α,β-unsaturated/α-hetero) is 1. The van der Waals surface area contributed by atoms with Crippen molar-refractivity contribution in [1.82, 2.24) is 14.9 Å². The van der Waals surface area contributed by atoms with Crippen LogP contribution in [0.1, 0.15) is 5.56 Å². The molecule has 2 aromatic heterocycles. The van der Waals surface area contributed by atoms with Crippen LogP contribution in [-0.4, -0.2) is 72.2 Å². The highest BCUT2D eigenvalue weighted by molar-refractivity contribution is 6.26. The van der Waals surface area contributed by atoms with Crippen LogP contribution in [0.15, 0.2) is 41.7 Å². The van der Waals surface area contributed by atoms with Gasteiger partial charge < -0.3 is 29.2 Å². The van der Waals surface area contributed by atoms with Gasteiger partial charge in [0.1, 0.15) is 5.65 Å². The summed E-state index contributed by atoms with van der Waals surface area (Å²) < 4.78 is 15.9. The van der Waals surface area contributed by atoms with Crippen LogP contribution in [0.25, 0.3) is 17.1 Å². The number of allylic oxidation sites excluding steroid dienone is 1. The minimum Gasteiger partial charge on any atom is -0.477 e. The van der Waals surface area contributed by atoms with Crippen molar-refractivity contribution in [2.75, 3.05) is 40.5 Å². The van der Waals surface area contributed by atoms with Crippen molar-refractivity contribution in [2.24, 2.45) is 0 Å². The quantitative estimate of drug-likeness (QED) is 0.490. The molecule has 0 bridgehead atoms. The van der Waals surface area contributed by atoms with Gasteiger partial charge in [-0.3, -0.25) is 4.79 Å². The SMILES string of the molecule is COCCN(CCOC)C1=C(C(=O)O)C(=O)/C(=C/c2c[nH]c3ncccc23)O1. The summed E-state index contributed by atoms with van der Waals surface area (Å²) in [6, 6.07) is 3.62. The number of H-pyrrole nitrogens is 1. The van der Waals surface area contributed by atoms with Crippen LogP contribution in [0.2, 0.25) is 0 Å². The van der Waals surface area contributed by atoms with E-state index in [0.717, 1.165) is 5.39 Å². The van der Waals surface area contributed by atoms with E-state index in [9.17, 15) is 14.7 Å². The van der Waals surface area contributed by atoms with E-state index in [1.54, 1.807) is 23.4 Å². The number of aromatic amines is 1. The van der Waals surface area contributed by atoms with Gasteiger partial charge in [-0.2, -0.15) is 0 Å². The third-order valence-corrected chi connectivity index (χ3v) is 4.27. The van der Waals surface area contributed by atoms with Gasteiger partial charge in [0.25, 0.3) is 0 Å². The summed E-state index contributed by atoms with van der Waals surface area (Å²) in [5, 5.41) is 10.4. The van der Waals surface area contributed by atoms with Crippen LogP contribution in [0.5, 0.6) is 0 Å². The number of nitrogens with one attached hydrogen (secondary N) is 1. The lowest BCUT2D eigenvalue weighted by Crippen LogP contribution is -2.31. The van der Waals surface area contributed by atoms with Gasteiger partial charge >= 0.3 is 5.97 Å². The summed E-state index contributed by atoms with van der Waals surface area (Å²) in [5.74, 6) is -2.09. The maximum atomic E-state index is 12.7. The van der Waals surface area contributed by atoms with E-state index in [-0.39, 0.29) is 11.6 Å². The molecule has 1 aliphatic rings. The number of carbonyl (C=O) groups excluding carboxylic acids is 1. The molecule has 9 heteroatoms. The number of fused-ring (bicyclic) bond motifs is 1. The van der Waals surface area contributed by atoms with Crippen LogP contribution in [0, 0.1) is 0 Å². The number of nitrogens with zero attached hydrogens (tertiary/aromatic N) is 2. The fourth-order valence-electron chi connectivity index (χ4n) is 2.88. The summed E-state index contributed by atoms with van der Waals surface area (Å²) in [4.78, 5) is 33.3. The first-order valence-electron chi connectivity index (χ1n) is 8.63. The Hall–Kier alpha value is -3.17. The van der Waals surface area contributed by atoms with Crippen molar-refractivity contribution in [3.8, 4) is 0 Å². The second-order valence-corrected chi connectivity index (χ2v) is 6.04. The molecule has 0 saturated heterocycles. The van der Waals surface area contributed by atoms with Crippen LogP contribution >= 0.6 is 0 Å². The fraction of sp³-hybridized carbons (Fsp3) is 0.316. The molecule has 0 spiro atoms. The van der Waals surface area contributed by atoms with E-state index < -0.39 is 17.3 Å². The van der Waals surface area contributed by atoms with Gasteiger partial charge in [-0.1, -0.05) is 0 Å². The molecular formula is C19H21N3O6. The van der Waals surface area contributed by atoms with Crippen molar-refractivity contribution in [2.45, 2.75) is 0 Å². The van der Waals surface area contributed by atoms with E-state index in [0.29, 0.717) is 37.5 Å². The first kappa shape index (κ1) is 19.6. The second-order valence-electron chi connectivity index (χ2n) is 6.04. The molecule has 1 aliphatic heterocycles. The molecule has 0 aromatic carbocycles. The number of ketones is 1. The number of aromatic nitrogens is 2. The lowest BCUT2D eigenvalue weighted by atomic mass is 10.1. The molecule has 0 aliphatic carbocycles. The van der Waals surface area contributed by atoms with Crippen LogP contribution in [0.4, 0.5) is 0 Å². The second kappa shape index (κ2) is 8.68. The summed E-state index contributed by atoms with van der Waals surface area (Å²) in [6.07, 6.45) is 4.86. The fourth-order valence-corrected chi connectivity index (χ4v) is 2.88. The third-order valence-electron chi connectivity index (χ3n) is 4.27. The zero-order valence-electron chi connectivity index (χ0n) is 15.6. The van der Waals surface area contributed by atoms with Crippen molar-refractivity contribution in [1.29, 1.82) is 0 Å². The standard InChI is InChI=1S/C19H21N3O6/c1-26-8-6-22(7-9-27-2)18-15(19(24)25)16(23)14(28-18)10-12-11-21-17-13(12)4-3-5-20-17/h3-5,10-11H,6-9H2,1-2H3,(H,20,21)(H,24,25)/b14-10-. The maximum absolute atomic E-state index is 12.7. The third kappa shape index (κ3) is 3.90. The highest BCUT2D eigenvalue weighted by atomic mass is 16.5. The van der Waals surface area contributed by atoms with Gasteiger partial charge in [-0.15, -0.1) is 0 Å². The monoisotopic (exact) mass is 387 g/mol. The largest absolute Gasteiger partial charge is 0.477 e. The molecular weight excluding hydrogens is 366 g/mol. The summed E-state index contributed by atoms with van der Waals surface area (Å²) in [5.41, 5.74) is 0.933. The number of carbonyl (C=O) groups is 2. The van der Waals surface area contributed by atoms with Crippen molar-refractivity contribution in [3.63, 3.8) is 0 Å². The van der Waals surface area contributed by atoms with Crippen molar-refractivity contribution < 1.29 is 28.9 Å². The predicted octanol–water partition coefficient (Wildman–Crippen LogP) is 1.39.